The summed E-state index contributed by atoms with van der Waals surface area (Å²) < 4.78 is 4.43. The van der Waals surface area contributed by atoms with Gasteiger partial charge in [0.25, 0.3) is 0 Å². The molecule has 0 saturated carbocycles. The fourth-order valence-corrected chi connectivity index (χ4v) is 1.07. The first-order chi connectivity index (χ1) is 7.26. The van der Waals surface area contributed by atoms with Crippen LogP contribution in [0.3, 0.4) is 0 Å². The largest absolute Gasteiger partial charge is 0.465 e. The Balaban J connectivity index is 3.74. The summed E-state index contributed by atoms with van der Waals surface area (Å²) in [5.41, 5.74) is 0.00740. The van der Waals surface area contributed by atoms with Crippen LogP contribution in [-0.2, 0) is 9.53 Å². The van der Waals surface area contributed by atoms with Crippen LogP contribution in [0.2, 0.25) is 0 Å². The van der Waals surface area contributed by atoms with Gasteiger partial charge in [-0.2, -0.15) is 5.26 Å². The fraction of sp³-hybridized carbons (Fsp3) is 0.636. The molecule has 0 rings (SSSR count). The molecule has 15 heavy (non-hydrogen) atoms. The van der Waals surface area contributed by atoms with Crippen molar-refractivity contribution in [1.29, 1.82) is 5.26 Å². The molecule has 0 saturated heterocycles. The van der Waals surface area contributed by atoms with E-state index in [-0.39, 0.29) is 5.57 Å². The number of rotatable bonds is 7. The van der Waals surface area contributed by atoms with Gasteiger partial charge in [0, 0.05) is 12.7 Å². The van der Waals surface area contributed by atoms with E-state index in [1.54, 1.807) is 6.07 Å². The molecule has 84 valence electrons. The third-order valence-corrected chi connectivity index (χ3v) is 1.95. The molecule has 0 amide bonds. The van der Waals surface area contributed by atoms with E-state index in [1.807, 2.05) is 0 Å². The van der Waals surface area contributed by atoms with Gasteiger partial charge in [0.1, 0.15) is 6.07 Å². The molecule has 0 unspecified atom stereocenters. The van der Waals surface area contributed by atoms with Crippen molar-refractivity contribution < 1.29 is 9.53 Å². The summed E-state index contributed by atoms with van der Waals surface area (Å²) >= 11 is 0. The number of nitrogens with one attached hydrogen (secondary N) is 1. The van der Waals surface area contributed by atoms with Gasteiger partial charge in [-0.05, 0) is 6.42 Å². The predicted molar refractivity (Wildman–Crippen MR) is 57.9 cm³/mol. The normalized spacial score (nSPS) is 10.6. The van der Waals surface area contributed by atoms with Gasteiger partial charge in [-0.3, -0.25) is 0 Å². The van der Waals surface area contributed by atoms with Crippen LogP contribution in [-0.4, -0.2) is 19.6 Å². The number of hydrogen-bond donors (Lipinski definition) is 1. The van der Waals surface area contributed by atoms with Crippen molar-refractivity contribution in [3.63, 3.8) is 0 Å². The highest BCUT2D eigenvalue weighted by atomic mass is 16.5. The van der Waals surface area contributed by atoms with Gasteiger partial charge in [-0.15, -0.1) is 0 Å². The van der Waals surface area contributed by atoms with E-state index in [4.69, 9.17) is 5.26 Å². The van der Waals surface area contributed by atoms with Crippen molar-refractivity contribution in [2.75, 3.05) is 13.7 Å². The van der Waals surface area contributed by atoms with Crippen LogP contribution >= 0.6 is 0 Å². The lowest BCUT2D eigenvalue weighted by atomic mass is 10.2. The molecule has 0 radical (unpaired) electrons. The Morgan fingerprint density at radius 1 is 1.47 bits per heavy atom. The van der Waals surface area contributed by atoms with Crippen molar-refractivity contribution in [1.82, 2.24) is 5.32 Å². The van der Waals surface area contributed by atoms with E-state index in [2.05, 4.69) is 17.0 Å². The maximum Gasteiger partial charge on any atom is 0.350 e. The maximum atomic E-state index is 11.0. The molecule has 4 nitrogen and oxygen atoms in total. The molecule has 0 fully saturated rings. The quantitative estimate of drug-likeness (QED) is 0.301. The molecule has 0 atom stereocenters. The summed E-state index contributed by atoms with van der Waals surface area (Å²) in [6, 6.07) is 1.78. The highest BCUT2D eigenvalue weighted by molar-refractivity contribution is 5.92. The minimum atomic E-state index is -0.599. The Kier molecular flexibility index (Phi) is 8.16. The van der Waals surface area contributed by atoms with Crippen LogP contribution in [0, 0.1) is 11.3 Å². The molecule has 0 heterocycles. The van der Waals surface area contributed by atoms with E-state index in [0.29, 0.717) is 0 Å². The van der Waals surface area contributed by atoms with Crippen LogP contribution < -0.4 is 5.32 Å². The molecule has 0 bridgehead atoms. The number of unbranched alkanes of at least 4 members (excludes halogenated alkanes) is 3. The van der Waals surface area contributed by atoms with E-state index < -0.39 is 5.97 Å². The third kappa shape index (κ3) is 6.55. The lowest BCUT2D eigenvalue weighted by molar-refractivity contribution is -0.135. The van der Waals surface area contributed by atoms with Crippen molar-refractivity contribution in [3.05, 3.63) is 11.8 Å². The monoisotopic (exact) mass is 210 g/mol. The molecule has 0 aromatic rings. The third-order valence-electron chi connectivity index (χ3n) is 1.95. The van der Waals surface area contributed by atoms with Gasteiger partial charge in [0.05, 0.1) is 7.11 Å². The van der Waals surface area contributed by atoms with E-state index in [0.717, 1.165) is 19.4 Å². The van der Waals surface area contributed by atoms with Gasteiger partial charge >= 0.3 is 5.97 Å². The Morgan fingerprint density at radius 2 is 2.20 bits per heavy atom. The standard InChI is InChI=1S/C11H18N2O2/c1-3-4-5-6-7-13-9-10(8-12)11(14)15-2/h9,13H,3-7H2,1-2H3. The smallest absolute Gasteiger partial charge is 0.350 e. The van der Waals surface area contributed by atoms with Crippen molar-refractivity contribution >= 4 is 5.97 Å². The molecule has 0 aliphatic heterocycles. The lowest BCUT2D eigenvalue weighted by Gasteiger charge is -2.01. The minimum absolute atomic E-state index is 0.00740. The van der Waals surface area contributed by atoms with E-state index in [1.165, 1.54) is 26.2 Å². The second kappa shape index (κ2) is 9.07. The van der Waals surface area contributed by atoms with Crippen molar-refractivity contribution in [2.45, 2.75) is 32.6 Å². The van der Waals surface area contributed by atoms with Crippen LogP contribution in [0.25, 0.3) is 0 Å². The second-order valence-corrected chi connectivity index (χ2v) is 3.18. The van der Waals surface area contributed by atoms with Gasteiger partial charge in [0.2, 0.25) is 0 Å². The van der Waals surface area contributed by atoms with Gasteiger partial charge in [0.15, 0.2) is 5.57 Å². The van der Waals surface area contributed by atoms with Crippen LogP contribution in [0.1, 0.15) is 32.6 Å². The van der Waals surface area contributed by atoms with E-state index in [9.17, 15) is 4.79 Å². The number of nitrogens with zero attached hydrogens (tertiary/aromatic N) is 1. The minimum Gasteiger partial charge on any atom is -0.465 e. The molecule has 0 aliphatic rings. The first-order valence-electron chi connectivity index (χ1n) is 5.18. The zero-order valence-corrected chi connectivity index (χ0v) is 9.38. The molecule has 0 aliphatic carbocycles. The average Bonchev–Trinajstić information content (AvgIpc) is 2.27. The number of nitriles is 1. The molecule has 0 spiro atoms. The zero-order valence-electron chi connectivity index (χ0n) is 9.38. The van der Waals surface area contributed by atoms with Gasteiger partial charge in [-0.25, -0.2) is 4.79 Å². The Labute approximate surface area is 90.9 Å². The number of hydrogen-bond acceptors (Lipinski definition) is 4. The SMILES string of the molecule is CCCCCCNC=C(C#N)C(=O)OC. The number of methoxy groups -OCH3 is 1. The topological polar surface area (TPSA) is 62.1 Å². The first kappa shape index (κ1) is 13.5. The maximum absolute atomic E-state index is 11.0. The molecule has 1 N–H and O–H groups in total. The number of esters is 1. The highest BCUT2D eigenvalue weighted by Crippen LogP contribution is 1.98. The Bertz CT molecular complexity index is 254. The Morgan fingerprint density at radius 3 is 2.73 bits per heavy atom. The summed E-state index contributed by atoms with van der Waals surface area (Å²) in [6.07, 6.45) is 6.04. The molecular formula is C11H18N2O2. The molecule has 0 aromatic heterocycles. The second-order valence-electron chi connectivity index (χ2n) is 3.18. The summed E-state index contributed by atoms with van der Waals surface area (Å²) in [5, 5.41) is 11.5. The van der Waals surface area contributed by atoms with Crippen LogP contribution in [0.5, 0.6) is 0 Å². The summed E-state index contributed by atoms with van der Waals surface area (Å²) in [5.74, 6) is -0.599. The number of carbonyl (C=O) groups excluding carboxylic acids is 1. The number of ether oxygens (including phenoxy) is 1. The van der Waals surface area contributed by atoms with Crippen molar-refractivity contribution in [2.24, 2.45) is 0 Å². The Hall–Kier alpha value is -1.50. The summed E-state index contributed by atoms with van der Waals surface area (Å²) in [6.45, 7) is 2.93. The summed E-state index contributed by atoms with van der Waals surface area (Å²) in [7, 11) is 1.26. The predicted octanol–water partition coefficient (Wildman–Crippen LogP) is 1.74. The first-order valence-corrected chi connectivity index (χ1v) is 5.18. The van der Waals surface area contributed by atoms with Gasteiger partial charge < -0.3 is 10.1 Å². The van der Waals surface area contributed by atoms with Crippen molar-refractivity contribution in [3.8, 4) is 6.07 Å². The highest BCUT2D eigenvalue weighted by Gasteiger charge is 2.06. The fourth-order valence-electron chi connectivity index (χ4n) is 1.07. The number of carbonyl (C=O) groups is 1. The molecule has 4 heteroatoms. The average molecular weight is 210 g/mol. The molecular weight excluding hydrogens is 192 g/mol. The van der Waals surface area contributed by atoms with Gasteiger partial charge in [-0.1, -0.05) is 26.2 Å². The van der Waals surface area contributed by atoms with Crippen LogP contribution in [0.4, 0.5) is 0 Å². The van der Waals surface area contributed by atoms with Crippen LogP contribution in [0.15, 0.2) is 11.8 Å². The molecule has 0 aromatic carbocycles. The zero-order chi connectivity index (χ0) is 11.5. The summed E-state index contributed by atoms with van der Waals surface area (Å²) in [4.78, 5) is 11.0. The van der Waals surface area contributed by atoms with E-state index >= 15 is 0 Å². The lowest BCUT2D eigenvalue weighted by Crippen LogP contribution is -2.12.